The van der Waals surface area contributed by atoms with Crippen LogP contribution in [0.25, 0.3) is 5.82 Å². The van der Waals surface area contributed by atoms with Crippen LogP contribution in [0.4, 0.5) is 5.69 Å². The quantitative estimate of drug-likeness (QED) is 0.507. The number of benzene rings is 1. The molecule has 2 N–H and O–H groups in total. The van der Waals surface area contributed by atoms with E-state index in [4.69, 9.17) is 0 Å². The number of anilines is 1. The highest BCUT2D eigenvalue weighted by molar-refractivity contribution is 6.09. The van der Waals surface area contributed by atoms with Crippen LogP contribution < -0.4 is 10.6 Å². The second-order valence-electron chi connectivity index (χ2n) is 6.85. The van der Waals surface area contributed by atoms with Crippen molar-refractivity contribution in [3.05, 3.63) is 102 Å². The van der Waals surface area contributed by atoms with E-state index in [2.05, 4.69) is 25.7 Å². The predicted molar refractivity (Wildman–Crippen MR) is 116 cm³/mol. The van der Waals surface area contributed by atoms with E-state index in [0.717, 1.165) is 11.1 Å². The lowest BCUT2D eigenvalue weighted by atomic mass is 10.1. The van der Waals surface area contributed by atoms with Crippen LogP contribution >= 0.6 is 0 Å². The molecule has 1 aromatic carbocycles. The first-order valence-corrected chi connectivity index (χ1v) is 9.66. The zero-order chi connectivity index (χ0) is 21.6. The van der Waals surface area contributed by atoms with Gasteiger partial charge < -0.3 is 10.6 Å². The van der Waals surface area contributed by atoms with E-state index in [1.165, 1.54) is 0 Å². The van der Waals surface area contributed by atoms with E-state index in [1.54, 1.807) is 53.7 Å². The Morgan fingerprint density at radius 3 is 2.52 bits per heavy atom. The Morgan fingerprint density at radius 2 is 1.81 bits per heavy atom. The fraction of sp³-hybridized carbons (Fsp3) is 0.0870. The van der Waals surface area contributed by atoms with E-state index in [1.807, 2.05) is 37.4 Å². The third-order valence-electron chi connectivity index (χ3n) is 4.70. The van der Waals surface area contributed by atoms with E-state index < -0.39 is 0 Å². The molecule has 0 fully saturated rings. The van der Waals surface area contributed by atoms with E-state index in [0.29, 0.717) is 29.2 Å². The smallest absolute Gasteiger partial charge is 0.255 e. The van der Waals surface area contributed by atoms with Crippen LogP contribution in [0.5, 0.6) is 0 Å². The van der Waals surface area contributed by atoms with Crippen molar-refractivity contribution in [1.29, 1.82) is 0 Å². The number of aryl methyl sites for hydroxylation is 1. The fourth-order valence-corrected chi connectivity index (χ4v) is 3.05. The molecule has 0 radical (unpaired) electrons. The molecule has 0 saturated carbocycles. The zero-order valence-electron chi connectivity index (χ0n) is 16.8. The van der Waals surface area contributed by atoms with Gasteiger partial charge in [-0.25, -0.2) is 9.67 Å². The Balaban J connectivity index is 1.46. The van der Waals surface area contributed by atoms with Crippen LogP contribution in [0, 0.1) is 6.92 Å². The number of amides is 2. The molecule has 3 aromatic heterocycles. The number of nitrogens with zero attached hydrogens (tertiary/aromatic N) is 4. The first kappa shape index (κ1) is 20.0. The number of hydrogen-bond acceptors (Lipinski definition) is 5. The van der Waals surface area contributed by atoms with Crippen LogP contribution in [-0.4, -0.2) is 31.6 Å². The summed E-state index contributed by atoms with van der Waals surface area (Å²) in [6.07, 6.45) is 8.28. The lowest BCUT2D eigenvalue weighted by Gasteiger charge is -2.14. The van der Waals surface area contributed by atoms with Crippen molar-refractivity contribution in [3.63, 3.8) is 0 Å². The summed E-state index contributed by atoms with van der Waals surface area (Å²) in [5, 5.41) is 9.88. The van der Waals surface area contributed by atoms with E-state index >= 15 is 0 Å². The standard InChI is InChI=1S/C23H20N6O2/c1-16-4-2-5-19(21(16)28-22(30)18-8-11-24-12-9-18)23(31)26-15-17-6-7-20(25-14-17)29-13-3-10-27-29/h2-14H,15H2,1H3,(H,26,31)(H,28,30). The molecule has 4 rings (SSSR count). The van der Waals surface area contributed by atoms with Crippen LogP contribution in [0.1, 0.15) is 31.8 Å². The molecule has 0 spiro atoms. The Morgan fingerprint density at radius 1 is 0.968 bits per heavy atom. The largest absolute Gasteiger partial charge is 0.348 e. The van der Waals surface area contributed by atoms with Crippen LogP contribution in [0.2, 0.25) is 0 Å². The molecule has 0 aliphatic rings. The van der Waals surface area contributed by atoms with Crippen molar-refractivity contribution in [2.24, 2.45) is 0 Å². The van der Waals surface area contributed by atoms with Gasteiger partial charge in [-0.1, -0.05) is 18.2 Å². The molecule has 8 nitrogen and oxygen atoms in total. The van der Waals surface area contributed by atoms with Crippen LogP contribution in [0.3, 0.4) is 0 Å². The molecule has 0 bridgehead atoms. The van der Waals surface area contributed by atoms with Gasteiger partial charge in [0.1, 0.15) is 0 Å². The molecule has 0 saturated heterocycles. The monoisotopic (exact) mass is 412 g/mol. The fourth-order valence-electron chi connectivity index (χ4n) is 3.05. The maximum Gasteiger partial charge on any atom is 0.255 e. The van der Waals surface area contributed by atoms with Gasteiger partial charge in [0.15, 0.2) is 5.82 Å². The highest BCUT2D eigenvalue weighted by atomic mass is 16.2. The summed E-state index contributed by atoms with van der Waals surface area (Å²) in [6.45, 7) is 2.15. The number of aromatic nitrogens is 4. The molecule has 0 atom stereocenters. The number of pyridine rings is 2. The molecule has 154 valence electrons. The van der Waals surface area contributed by atoms with Gasteiger partial charge in [0.2, 0.25) is 0 Å². The van der Waals surface area contributed by atoms with Gasteiger partial charge >= 0.3 is 0 Å². The second-order valence-corrected chi connectivity index (χ2v) is 6.85. The number of hydrogen-bond donors (Lipinski definition) is 2. The molecule has 8 heteroatoms. The van der Waals surface area contributed by atoms with Crippen LogP contribution in [0.15, 0.2) is 79.5 Å². The van der Waals surface area contributed by atoms with Crippen molar-refractivity contribution in [2.45, 2.75) is 13.5 Å². The Kier molecular flexibility index (Phi) is 5.79. The van der Waals surface area contributed by atoms with Gasteiger partial charge in [0.05, 0.1) is 11.3 Å². The van der Waals surface area contributed by atoms with E-state index in [-0.39, 0.29) is 11.8 Å². The molecule has 3 heterocycles. The maximum atomic E-state index is 12.9. The molecule has 4 aromatic rings. The van der Waals surface area contributed by atoms with Crippen molar-refractivity contribution in [2.75, 3.05) is 5.32 Å². The summed E-state index contributed by atoms with van der Waals surface area (Å²) in [4.78, 5) is 33.7. The second kappa shape index (κ2) is 9.00. The minimum absolute atomic E-state index is 0.287. The summed E-state index contributed by atoms with van der Waals surface area (Å²) in [5.41, 5.74) is 2.98. The molecule has 0 aliphatic carbocycles. The average Bonchev–Trinajstić information content (AvgIpc) is 3.35. The van der Waals surface area contributed by atoms with Gasteiger partial charge in [0.25, 0.3) is 11.8 Å². The van der Waals surface area contributed by atoms with Gasteiger partial charge in [0, 0.05) is 43.1 Å². The lowest BCUT2D eigenvalue weighted by molar-refractivity contribution is 0.0951. The highest BCUT2D eigenvalue weighted by Gasteiger charge is 2.16. The minimum atomic E-state index is -0.302. The highest BCUT2D eigenvalue weighted by Crippen LogP contribution is 2.21. The number of para-hydroxylation sites is 1. The maximum absolute atomic E-state index is 12.9. The van der Waals surface area contributed by atoms with Gasteiger partial charge in [-0.2, -0.15) is 5.10 Å². The summed E-state index contributed by atoms with van der Waals surface area (Å²) in [6, 6.07) is 14.1. The minimum Gasteiger partial charge on any atom is -0.348 e. The van der Waals surface area contributed by atoms with Gasteiger partial charge in [-0.05, 0) is 48.4 Å². The normalized spacial score (nSPS) is 10.5. The third kappa shape index (κ3) is 4.64. The van der Waals surface area contributed by atoms with E-state index in [9.17, 15) is 9.59 Å². The van der Waals surface area contributed by atoms with Gasteiger partial charge in [-0.15, -0.1) is 0 Å². The molecule has 2 amide bonds. The van der Waals surface area contributed by atoms with Gasteiger partial charge in [-0.3, -0.25) is 14.6 Å². The van der Waals surface area contributed by atoms with Crippen molar-refractivity contribution in [1.82, 2.24) is 25.1 Å². The summed E-state index contributed by atoms with van der Waals surface area (Å²) < 4.78 is 1.66. The lowest BCUT2D eigenvalue weighted by Crippen LogP contribution is -2.25. The number of rotatable bonds is 6. The number of carbonyl (C=O) groups excluding carboxylic acids is 2. The Labute approximate surface area is 179 Å². The topological polar surface area (TPSA) is 102 Å². The third-order valence-corrected chi connectivity index (χ3v) is 4.70. The molecular weight excluding hydrogens is 392 g/mol. The summed E-state index contributed by atoms with van der Waals surface area (Å²) in [7, 11) is 0. The first-order valence-electron chi connectivity index (χ1n) is 9.66. The zero-order valence-corrected chi connectivity index (χ0v) is 16.8. The van der Waals surface area contributed by atoms with Crippen molar-refractivity contribution >= 4 is 17.5 Å². The summed E-state index contributed by atoms with van der Waals surface area (Å²) in [5.74, 6) is 0.105. The molecule has 31 heavy (non-hydrogen) atoms. The number of carbonyl (C=O) groups is 2. The average molecular weight is 412 g/mol. The van der Waals surface area contributed by atoms with Crippen molar-refractivity contribution in [3.8, 4) is 5.82 Å². The Hall–Kier alpha value is -4.33. The SMILES string of the molecule is Cc1cccc(C(=O)NCc2ccc(-n3cccn3)nc2)c1NC(=O)c1ccncc1. The first-order chi connectivity index (χ1) is 15.1. The predicted octanol–water partition coefficient (Wildman–Crippen LogP) is 3.15. The molecule has 0 unspecified atom stereocenters. The Bertz CT molecular complexity index is 1190. The number of nitrogens with one attached hydrogen (secondary N) is 2. The summed E-state index contributed by atoms with van der Waals surface area (Å²) >= 11 is 0. The molecule has 0 aliphatic heterocycles. The molecular formula is C23H20N6O2. The van der Waals surface area contributed by atoms with Crippen molar-refractivity contribution < 1.29 is 9.59 Å². The van der Waals surface area contributed by atoms with Crippen LogP contribution in [-0.2, 0) is 6.54 Å².